The van der Waals surface area contributed by atoms with Crippen molar-refractivity contribution in [3.05, 3.63) is 29.8 Å². The molecule has 0 bridgehead atoms. The first-order valence-corrected chi connectivity index (χ1v) is 5.38. The molecule has 0 aromatic carbocycles. The predicted molar refractivity (Wildman–Crippen MR) is 57.6 cm³/mol. The fourth-order valence-corrected chi connectivity index (χ4v) is 1.80. The van der Waals surface area contributed by atoms with Gasteiger partial charge in [0.25, 0.3) is 5.91 Å². The number of rotatable bonds is 2. The molecule has 16 heavy (non-hydrogen) atoms. The molecule has 1 saturated heterocycles. The van der Waals surface area contributed by atoms with E-state index in [0.717, 1.165) is 32.1 Å². The molecular weight excluding hydrogens is 209 g/mol. The molecule has 1 aliphatic rings. The molecule has 5 heteroatoms. The molecule has 0 saturated carbocycles. The molecule has 1 atom stereocenters. The highest BCUT2D eigenvalue weighted by Crippen LogP contribution is 2.07. The lowest BCUT2D eigenvalue weighted by molar-refractivity contribution is 0.0926. The van der Waals surface area contributed by atoms with Gasteiger partial charge < -0.3 is 10.6 Å². The maximum absolute atomic E-state index is 13.3. The Morgan fingerprint density at radius 3 is 3.19 bits per heavy atom. The Morgan fingerprint density at radius 1 is 1.62 bits per heavy atom. The lowest BCUT2D eigenvalue weighted by Gasteiger charge is -2.23. The Bertz CT molecular complexity index is 377. The molecular formula is C11H14FN3O. The minimum Gasteiger partial charge on any atom is -0.348 e. The Balaban J connectivity index is 2.00. The summed E-state index contributed by atoms with van der Waals surface area (Å²) in [6.45, 7) is 1.73. The highest BCUT2D eigenvalue weighted by molar-refractivity contribution is 5.94. The fourth-order valence-electron chi connectivity index (χ4n) is 1.80. The summed E-state index contributed by atoms with van der Waals surface area (Å²) in [7, 11) is 0. The minimum atomic E-state index is -0.580. The van der Waals surface area contributed by atoms with Crippen LogP contribution in [0.5, 0.6) is 0 Å². The number of amides is 1. The van der Waals surface area contributed by atoms with Crippen LogP contribution in [-0.4, -0.2) is 30.0 Å². The summed E-state index contributed by atoms with van der Waals surface area (Å²) < 4.78 is 13.3. The zero-order valence-corrected chi connectivity index (χ0v) is 8.87. The molecule has 1 fully saturated rings. The smallest absolute Gasteiger partial charge is 0.254 e. The summed E-state index contributed by atoms with van der Waals surface area (Å²) in [4.78, 5) is 15.3. The van der Waals surface area contributed by atoms with Crippen molar-refractivity contribution in [2.45, 2.75) is 18.9 Å². The van der Waals surface area contributed by atoms with Crippen molar-refractivity contribution in [2.24, 2.45) is 0 Å². The van der Waals surface area contributed by atoms with E-state index in [1.165, 1.54) is 12.3 Å². The minimum absolute atomic E-state index is 0.0561. The van der Waals surface area contributed by atoms with Crippen LogP contribution >= 0.6 is 0 Å². The first kappa shape index (κ1) is 11.0. The quantitative estimate of drug-likeness (QED) is 0.776. The number of nitrogens with one attached hydrogen (secondary N) is 2. The van der Waals surface area contributed by atoms with Crippen molar-refractivity contribution < 1.29 is 9.18 Å². The van der Waals surface area contributed by atoms with Crippen LogP contribution in [0.1, 0.15) is 23.2 Å². The predicted octanol–water partition coefficient (Wildman–Crippen LogP) is 0.702. The van der Waals surface area contributed by atoms with E-state index < -0.39 is 5.82 Å². The molecule has 4 nitrogen and oxygen atoms in total. The lowest BCUT2D eigenvalue weighted by Crippen LogP contribution is -2.45. The van der Waals surface area contributed by atoms with Crippen molar-refractivity contribution in [1.82, 2.24) is 15.6 Å². The van der Waals surface area contributed by atoms with Gasteiger partial charge >= 0.3 is 0 Å². The highest BCUT2D eigenvalue weighted by Gasteiger charge is 2.18. The van der Waals surface area contributed by atoms with Crippen molar-refractivity contribution in [2.75, 3.05) is 13.1 Å². The van der Waals surface area contributed by atoms with E-state index in [2.05, 4.69) is 15.6 Å². The number of piperidine rings is 1. The van der Waals surface area contributed by atoms with E-state index in [-0.39, 0.29) is 17.5 Å². The number of carbonyl (C=O) groups excluding carboxylic acids is 1. The van der Waals surface area contributed by atoms with Crippen LogP contribution in [0, 0.1) is 5.82 Å². The van der Waals surface area contributed by atoms with E-state index in [1.54, 1.807) is 0 Å². The maximum atomic E-state index is 13.3. The summed E-state index contributed by atoms with van der Waals surface area (Å²) in [5.41, 5.74) is 0.0561. The number of pyridine rings is 1. The van der Waals surface area contributed by atoms with Gasteiger partial charge in [-0.2, -0.15) is 0 Å². The Labute approximate surface area is 93.3 Å². The van der Waals surface area contributed by atoms with Crippen LogP contribution in [-0.2, 0) is 0 Å². The van der Waals surface area contributed by atoms with Crippen LogP contribution in [0.3, 0.4) is 0 Å². The first-order chi connectivity index (χ1) is 7.77. The van der Waals surface area contributed by atoms with E-state index in [0.29, 0.717) is 0 Å². The summed E-state index contributed by atoms with van der Waals surface area (Å²) in [6.07, 6.45) is 4.43. The van der Waals surface area contributed by atoms with Gasteiger partial charge in [0.2, 0.25) is 0 Å². The van der Waals surface area contributed by atoms with Gasteiger partial charge in [-0.3, -0.25) is 9.78 Å². The third kappa shape index (κ3) is 2.55. The SMILES string of the molecule is O=C(N[C@H]1CCCNC1)c1ccncc1F. The Hall–Kier alpha value is -1.49. The average molecular weight is 223 g/mol. The zero-order valence-electron chi connectivity index (χ0n) is 8.87. The van der Waals surface area contributed by atoms with Crippen LogP contribution in [0.4, 0.5) is 4.39 Å². The molecule has 1 aliphatic heterocycles. The number of halogens is 1. The van der Waals surface area contributed by atoms with Crippen LogP contribution in [0.15, 0.2) is 18.5 Å². The van der Waals surface area contributed by atoms with E-state index in [9.17, 15) is 9.18 Å². The number of hydrogen-bond donors (Lipinski definition) is 2. The number of hydrogen-bond acceptors (Lipinski definition) is 3. The van der Waals surface area contributed by atoms with Gasteiger partial charge in [0, 0.05) is 18.8 Å². The molecule has 2 rings (SSSR count). The molecule has 1 aromatic heterocycles. The van der Waals surface area contributed by atoms with Gasteiger partial charge in [0.1, 0.15) is 0 Å². The number of carbonyl (C=O) groups is 1. The van der Waals surface area contributed by atoms with Crippen molar-refractivity contribution >= 4 is 5.91 Å². The monoisotopic (exact) mass is 223 g/mol. The zero-order chi connectivity index (χ0) is 11.4. The summed E-state index contributed by atoms with van der Waals surface area (Å²) in [5, 5.41) is 5.99. The molecule has 0 spiro atoms. The topological polar surface area (TPSA) is 54.0 Å². The molecule has 0 radical (unpaired) electrons. The van der Waals surface area contributed by atoms with E-state index in [1.807, 2.05) is 0 Å². The second-order valence-corrected chi connectivity index (χ2v) is 3.87. The third-order valence-corrected chi connectivity index (χ3v) is 2.65. The maximum Gasteiger partial charge on any atom is 0.254 e. The molecule has 0 aliphatic carbocycles. The Morgan fingerprint density at radius 2 is 2.50 bits per heavy atom. The largest absolute Gasteiger partial charge is 0.348 e. The summed E-state index contributed by atoms with van der Waals surface area (Å²) in [6, 6.07) is 1.48. The number of aromatic nitrogens is 1. The van der Waals surface area contributed by atoms with Crippen LogP contribution < -0.4 is 10.6 Å². The standard InChI is InChI=1S/C11H14FN3O/c12-10-7-14-5-3-9(10)11(16)15-8-2-1-4-13-6-8/h3,5,7-8,13H,1-2,4,6H2,(H,15,16)/t8-/m0/s1. The molecule has 1 amide bonds. The van der Waals surface area contributed by atoms with Crippen LogP contribution in [0.25, 0.3) is 0 Å². The molecule has 2 N–H and O–H groups in total. The molecule has 86 valence electrons. The lowest BCUT2D eigenvalue weighted by atomic mass is 10.1. The fraction of sp³-hybridized carbons (Fsp3) is 0.455. The second kappa shape index (κ2) is 5.03. The van der Waals surface area contributed by atoms with E-state index in [4.69, 9.17) is 0 Å². The summed E-state index contributed by atoms with van der Waals surface area (Å²) >= 11 is 0. The van der Waals surface area contributed by atoms with Gasteiger partial charge in [0.15, 0.2) is 5.82 Å². The van der Waals surface area contributed by atoms with Crippen LogP contribution in [0.2, 0.25) is 0 Å². The van der Waals surface area contributed by atoms with Gasteiger partial charge in [-0.05, 0) is 25.5 Å². The van der Waals surface area contributed by atoms with Gasteiger partial charge in [-0.25, -0.2) is 4.39 Å². The Kier molecular flexibility index (Phi) is 3.46. The normalized spacial score (nSPS) is 20.4. The average Bonchev–Trinajstić information content (AvgIpc) is 2.31. The first-order valence-electron chi connectivity index (χ1n) is 5.38. The second-order valence-electron chi connectivity index (χ2n) is 3.87. The molecule has 1 aromatic rings. The number of nitrogens with zero attached hydrogens (tertiary/aromatic N) is 1. The molecule has 0 unspecified atom stereocenters. The van der Waals surface area contributed by atoms with Gasteiger partial charge in [-0.15, -0.1) is 0 Å². The van der Waals surface area contributed by atoms with Gasteiger partial charge in [-0.1, -0.05) is 0 Å². The van der Waals surface area contributed by atoms with Gasteiger partial charge in [0.05, 0.1) is 11.8 Å². The summed E-state index contributed by atoms with van der Waals surface area (Å²) in [5.74, 6) is -0.947. The molecule has 2 heterocycles. The highest BCUT2D eigenvalue weighted by atomic mass is 19.1. The van der Waals surface area contributed by atoms with Crippen molar-refractivity contribution in [3.8, 4) is 0 Å². The van der Waals surface area contributed by atoms with Crippen molar-refractivity contribution in [1.29, 1.82) is 0 Å². The van der Waals surface area contributed by atoms with Crippen molar-refractivity contribution in [3.63, 3.8) is 0 Å². The third-order valence-electron chi connectivity index (χ3n) is 2.65. The van der Waals surface area contributed by atoms with E-state index >= 15 is 0 Å².